The molecule has 6 heteroatoms. The van der Waals surface area contributed by atoms with Crippen LogP contribution in [0.15, 0.2) is 30.5 Å². The maximum atomic E-state index is 11.8. The van der Waals surface area contributed by atoms with Crippen LogP contribution in [0.25, 0.3) is 0 Å². The van der Waals surface area contributed by atoms with E-state index < -0.39 is 0 Å². The van der Waals surface area contributed by atoms with E-state index in [2.05, 4.69) is 27.4 Å². The van der Waals surface area contributed by atoms with E-state index in [1.807, 2.05) is 0 Å². The molecule has 0 radical (unpaired) electrons. The summed E-state index contributed by atoms with van der Waals surface area (Å²) < 4.78 is 0. The zero-order valence-corrected chi connectivity index (χ0v) is 10.5. The molecule has 5 nitrogen and oxygen atoms in total. The first kappa shape index (κ1) is 13.1. The van der Waals surface area contributed by atoms with Gasteiger partial charge >= 0.3 is 0 Å². The predicted molar refractivity (Wildman–Crippen MR) is 72.0 cm³/mol. The maximum Gasteiger partial charge on any atom is 0.273 e. The SMILES string of the molecule is O=C(Nc1cc(C#CCO)ccc1Cl)c1ccn[nH]1. The Bertz CT molecular complexity index is 642. The third-order valence-corrected chi connectivity index (χ3v) is 2.60. The highest BCUT2D eigenvalue weighted by Crippen LogP contribution is 2.23. The highest BCUT2D eigenvalue weighted by atomic mass is 35.5. The average molecular weight is 276 g/mol. The summed E-state index contributed by atoms with van der Waals surface area (Å²) in [5, 5.41) is 18.0. The summed E-state index contributed by atoms with van der Waals surface area (Å²) in [5.41, 5.74) is 1.44. The molecule has 96 valence electrons. The van der Waals surface area contributed by atoms with Crippen LogP contribution in [0.5, 0.6) is 0 Å². The molecule has 0 aliphatic carbocycles. The number of carbonyl (C=O) groups is 1. The van der Waals surface area contributed by atoms with E-state index in [1.165, 1.54) is 6.20 Å². The van der Waals surface area contributed by atoms with E-state index in [1.54, 1.807) is 24.3 Å². The van der Waals surface area contributed by atoms with Crippen molar-refractivity contribution in [1.29, 1.82) is 0 Å². The third-order valence-electron chi connectivity index (χ3n) is 2.27. The quantitative estimate of drug-likeness (QED) is 0.730. The van der Waals surface area contributed by atoms with Crippen LogP contribution < -0.4 is 5.32 Å². The lowest BCUT2D eigenvalue weighted by Crippen LogP contribution is -2.12. The molecule has 0 aliphatic heterocycles. The van der Waals surface area contributed by atoms with Crippen LogP contribution in [0.4, 0.5) is 5.69 Å². The molecule has 0 aliphatic rings. The summed E-state index contributed by atoms with van der Waals surface area (Å²) >= 11 is 6.00. The van der Waals surface area contributed by atoms with Crippen molar-refractivity contribution in [3.8, 4) is 11.8 Å². The molecule has 0 fully saturated rings. The first-order chi connectivity index (χ1) is 9.20. The van der Waals surface area contributed by atoms with Crippen LogP contribution in [0.3, 0.4) is 0 Å². The Hall–Kier alpha value is -2.29. The fourth-order valence-electron chi connectivity index (χ4n) is 1.41. The van der Waals surface area contributed by atoms with Crippen molar-refractivity contribution in [2.75, 3.05) is 11.9 Å². The summed E-state index contributed by atoms with van der Waals surface area (Å²) in [6.07, 6.45) is 1.49. The topological polar surface area (TPSA) is 78.0 Å². The molecule has 0 saturated carbocycles. The zero-order chi connectivity index (χ0) is 13.7. The van der Waals surface area contributed by atoms with E-state index in [0.29, 0.717) is 22.0 Å². The first-order valence-corrected chi connectivity index (χ1v) is 5.78. The molecule has 2 rings (SSSR count). The first-order valence-electron chi connectivity index (χ1n) is 5.40. The van der Waals surface area contributed by atoms with Crippen LogP contribution in [0, 0.1) is 11.8 Å². The second kappa shape index (κ2) is 6.05. The number of benzene rings is 1. The van der Waals surface area contributed by atoms with Gasteiger partial charge in [0, 0.05) is 11.8 Å². The molecule has 19 heavy (non-hydrogen) atoms. The van der Waals surface area contributed by atoms with Gasteiger partial charge < -0.3 is 10.4 Å². The Balaban J connectivity index is 2.22. The second-order valence-electron chi connectivity index (χ2n) is 3.58. The minimum atomic E-state index is -0.341. The Morgan fingerprint density at radius 2 is 2.32 bits per heavy atom. The number of aromatic nitrogens is 2. The maximum absolute atomic E-state index is 11.8. The smallest absolute Gasteiger partial charge is 0.273 e. The number of amides is 1. The Morgan fingerprint density at radius 1 is 1.47 bits per heavy atom. The van der Waals surface area contributed by atoms with Crippen LogP contribution in [0.1, 0.15) is 16.1 Å². The van der Waals surface area contributed by atoms with E-state index in [0.717, 1.165) is 0 Å². The molecule has 0 saturated heterocycles. The minimum Gasteiger partial charge on any atom is -0.384 e. The Labute approximate surface area is 114 Å². The normalized spacial score (nSPS) is 9.58. The van der Waals surface area contributed by atoms with E-state index in [4.69, 9.17) is 16.7 Å². The fraction of sp³-hybridized carbons (Fsp3) is 0.0769. The number of nitrogens with one attached hydrogen (secondary N) is 2. The number of H-pyrrole nitrogens is 1. The van der Waals surface area contributed by atoms with Gasteiger partial charge in [0.15, 0.2) is 0 Å². The van der Waals surface area contributed by atoms with Gasteiger partial charge in [-0.3, -0.25) is 9.89 Å². The van der Waals surface area contributed by atoms with Crippen molar-refractivity contribution in [2.45, 2.75) is 0 Å². The predicted octanol–water partition coefficient (Wildman–Crippen LogP) is 1.66. The van der Waals surface area contributed by atoms with Gasteiger partial charge in [-0.15, -0.1) is 0 Å². The molecule has 0 atom stereocenters. The molecule has 1 amide bonds. The average Bonchev–Trinajstić information content (AvgIpc) is 2.93. The van der Waals surface area contributed by atoms with Crippen molar-refractivity contribution in [3.05, 3.63) is 46.7 Å². The number of anilines is 1. The molecule has 0 spiro atoms. The van der Waals surface area contributed by atoms with Gasteiger partial charge in [0.2, 0.25) is 0 Å². The van der Waals surface area contributed by atoms with Crippen molar-refractivity contribution >= 4 is 23.2 Å². The summed E-state index contributed by atoms with van der Waals surface area (Å²) in [7, 11) is 0. The number of halogens is 1. The summed E-state index contributed by atoms with van der Waals surface area (Å²) in [6, 6.07) is 6.53. The van der Waals surface area contributed by atoms with Gasteiger partial charge in [0.1, 0.15) is 12.3 Å². The van der Waals surface area contributed by atoms with Crippen LogP contribution in [-0.2, 0) is 0 Å². The van der Waals surface area contributed by atoms with E-state index >= 15 is 0 Å². The fourth-order valence-corrected chi connectivity index (χ4v) is 1.58. The number of aromatic amines is 1. The molecule has 0 bridgehead atoms. The lowest BCUT2D eigenvalue weighted by Gasteiger charge is -2.06. The van der Waals surface area contributed by atoms with Crippen molar-refractivity contribution in [1.82, 2.24) is 10.2 Å². The molecular weight excluding hydrogens is 266 g/mol. The number of aliphatic hydroxyl groups excluding tert-OH is 1. The number of aliphatic hydroxyl groups is 1. The van der Waals surface area contributed by atoms with Crippen LogP contribution in [-0.4, -0.2) is 27.8 Å². The van der Waals surface area contributed by atoms with Gasteiger partial charge in [0.25, 0.3) is 5.91 Å². The van der Waals surface area contributed by atoms with E-state index in [9.17, 15) is 4.79 Å². The molecular formula is C13H10ClN3O2. The van der Waals surface area contributed by atoms with Crippen LogP contribution >= 0.6 is 11.6 Å². The molecule has 3 N–H and O–H groups in total. The lowest BCUT2D eigenvalue weighted by atomic mass is 10.2. The largest absolute Gasteiger partial charge is 0.384 e. The molecule has 1 heterocycles. The number of rotatable bonds is 2. The van der Waals surface area contributed by atoms with Crippen molar-refractivity contribution in [3.63, 3.8) is 0 Å². The van der Waals surface area contributed by atoms with Gasteiger partial charge in [-0.1, -0.05) is 23.4 Å². The van der Waals surface area contributed by atoms with Gasteiger partial charge in [-0.05, 0) is 24.3 Å². The Kier molecular flexibility index (Phi) is 4.18. The van der Waals surface area contributed by atoms with Crippen LogP contribution in [0.2, 0.25) is 5.02 Å². The number of hydrogen-bond donors (Lipinski definition) is 3. The molecule has 2 aromatic rings. The Morgan fingerprint density at radius 3 is 3.00 bits per heavy atom. The van der Waals surface area contributed by atoms with Gasteiger partial charge in [-0.25, -0.2) is 0 Å². The zero-order valence-electron chi connectivity index (χ0n) is 9.77. The molecule has 1 aromatic carbocycles. The second-order valence-corrected chi connectivity index (χ2v) is 3.99. The summed E-state index contributed by atoms with van der Waals surface area (Å²) in [5.74, 6) is 4.92. The molecule has 1 aromatic heterocycles. The summed E-state index contributed by atoms with van der Waals surface area (Å²) in [6.45, 7) is -0.224. The number of carbonyl (C=O) groups excluding carboxylic acids is 1. The highest BCUT2D eigenvalue weighted by Gasteiger charge is 2.09. The van der Waals surface area contributed by atoms with E-state index in [-0.39, 0.29) is 12.5 Å². The summed E-state index contributed by atoms with van der Waals surface area (Å²) in [4.78, 5) is 11.8. The van der Waals surface area contributed by atoms with Gasteiger partial charge in [-0.2, -0.15) is 5.10 Å². The third kappa shape index (κ3) is 3.35. The minimum absolute atomic E-state index is 0.224. The lowest BCUT2D eigenvalue weighted by molar-refractivity contribution is 0.102. The molecule has 0 unspecified atom stereocenters. The van der Waals surface area contributed by atoms with Crippen molar-refractivity contribution < 1.29 is 9.90 Å². The number of nitrogens with zero attached hydrogens (tertiary/aromatic N) is 1. The van der Waals surface area contributed by atoms with Gasteiger partial charge in [0.05, 0.1) is 10.7 Å². The standard InChI is InChI=1S/C13H10ClN3O2/c14-10-4-3-9(2-1-7-18)8-12(10)16-13(19)11-5-6-15-17-11/h3-6,8,18H,7H2,(H,15,17)(H,16,19). The number of hydrogen-bond acceptors (Lipinski definition) is 3. The monoisotopic (exact) mass is 275 g/mol. The van der Waals surface area contributed by atoms with Crippen molar-refractivity contribution in [2.24, 2.45) is 0 Å². The highest BCUT2D eigenvalue weighted by molar-refractivity contribution is 6.33.